The number of nitrogens with zero attached hydrogens (tertiary/aromatic N) is 2. The fourth-order valence-electron chi connectivity index (χ4n) is 2.14. The molecule has 0 atom stereocenters. The molecule has 0 spiro atoms. The van der Waals surface area contributed by atoms with Crippen LogP contribution >= 0.6 is 11.8 Å². The van der Waals surface area contributed by atoms with E-state index in [1.54, 1.807) is 0 Å². The Bertz CT molecular complexity index is 920. The number of amides is 1. The number of carbonyl (C=O) groups excluding carboxylic acids is 1. The van der Waals surface area contributed by atoms with Gasteiger partial charge in [-0.25, -0.2) is 4.99 Å². The third-order valence-corrected chi connectivity index (χ3v) is 4.32. The first kappa shape index (κ1) is 16.7. The van der Waals surface area contributed by atoms with E-state index < -0.39 is 16.4 Å². The van der Waals surface area contributed by atoms with Gasteiger partial charge in [0.25, 0.3) is 5.91 Å². The number of phenols is 1. The molecule has 1 heterocycles. The van der Waals surface area contributed by atoms with Crippen LogP contribution in [0.25, 0.3) is 6.08 Å². The van der Waals surface area contributed by atoms with Crippen molar-refractivity contribution in [1.82, 2.24) is 5.32 Å². The highest BCUT2D eigenvalue weighted by Crippen LogP contribution is 2.31. The first-order valence-electron chi connectivity index (χ1n) is 7.26. The van der Waals surface area contributed by atoms with Crippen LogP contribution < -0.4 is 5.32 Å². The van der Waals surface area contributed by atoms with Crippen molar-refractivity contribution in [3.05, 3.63) is 68.6 Å². The predicted octanol–water partition coefficient (Wildman–Crippen LogP) is 3.50. The topological polar surface area (TPSA) is 105 Å². The molecule has 0 saturated carbocycles. The molecule has 1 fully saturated rings. The minimum absolute atomic E-state index is 0.327. The summed E-state index contributed by atoms with van der Waals surface area (Å²) >= 11 is 1.15. The molecule has 1 aliphatic rings. The summed E-state index contributed by atoms with van der Waals surface area (Å²) in [5, 5.41) is 23.5. The molecule has 0 aromatic heterocycles. The smallest absolute Gasteiger partial charge is 0.311 e. The van der Waals surface area contributed by atoms with Crippen LogP contribution in [-0.2, 0) is 4.79 Å². The number of nitrogens with one attached hydrogen (secondary N) is 1. The zero-order chi connectivity index (χ0) is 18.0. The van der Waals surface area contributed by atoms with E-state index in [0.717, 1.165) is 23.0 Å². The minimum atomic E-state index is -0.677. The van der Waals surface area contributed by atoms with Gasteiger partial charge in [0.05, 0.1) is 15.5 Å². The standard InChI is InChI=1S/C17H13N3O4S/c1-10-2-5-12(6-3-10)18-17-19-16(22)15(25-17)9-11-4-7-14(21)13(8-11)20(23)24/h2-9,21H,1H3,(H,18,19,22)/b15-9+. The number of nitro groups is 1. The van der Waals surface area contributed by atoms with Gasteiger partial charge >= 0.3 is 5.69 Å². The molecular formula is C17H13N3O4S. The molecule has 1 aliphatic heterocycles. The summed E-state index contributed by atoms with van der Waals surface area (Å²) in [6.45, 7) is 1.97. The SMILES string of the molecule is Cc1ccc(N=C2NC(=O)/C(=C\c3ccc(O)c([N+](=O)[O-])c3)S2)cc1. The van der Waals surface area contributed by atoms with Crippen molar-refractivity contribution in [2.75, 3.05) is 0 Å². The largest absolute Gasteiger partial charge is 0.502 e. The fourth-order valence-corrected chi connectivity index (χ4v) is 2.99. The average molecular weight is 355 g/mol. The quantitative estimate of drug-likeness (QED) is 0.498. The van der Waals surface area contributed by atoms with Gasteiger partial charge in [0, 0.05) is 6.07 Å². The Balaban J connectivity index is 1.85. The summed E-state index contributed by atoms with van der Waals surface area (Å²) in [6, 6.07) is 11.5. The maximum absolute atomic E-state index is 12.1. The molecule has 2 aromatic carbocycles. The lowest BCUT2D eigenvalue weighted by atomic mass is 10.1. The molecule has 2 N–H and O–H groups in total. The van der Waals surface area contributed by atoms with Gasteiger partial charge in [-0.15, -0.1) is 0 Å². The highest BCUT2D eigenvalue weighted by atomic mass is 32.2. The van der Waals surface area contributed by atoms with Crippen molar-refractivity contribution in [2.45, 2.75) is 6.92 Å². The Morgan fingerprint density at radius 3 is 2.64 bits per heavy atom. The monoisotopic (exact) mass is 355 g/mol. The Kier molecular flexibility index (Phi) is 4.53. The van der Waals surface area contributed by atoms with E-state index >= 15 is 0 Å². The molecule has 1 amide bonds. The molecule has 0 radical (unpaired) electrons. The number of phenolic OH excluding ortho intramolecular Hbond substituents is 1. The van der Waals surface area contributed by atoms with Crippen LogP contribution in [0.2, 0.25) is 0 Å². The summed E-state index contributed by atoms with van der Waals surface area (Å²) in [5.41, 5.74) is 1.86. The number of benzene rings is 2. The molecule has 1 saturated heterocycles. The zero-order valence-corrected chi connectivity index (χ0v) is 13.9. The van der Waals surface area contributed by atoms with Crippen LogP contribution in [0.15, 0.2) is 52.4 Å². The number of thioether (sulfide) groups is 1. The number of nitro benzene ring substituents is 1. The van der Waals surface area contributed by atoms with Gasteiger partial charge in [0.1, 0.15) is 0 Å². The number of hydrogen-bond donors (Lipinski definition) is 2. The molecule has 126 valence electrons. The third kappa shape index (κ3) is 3.86. The highest BCUT2D eigenvalue weighted by Gasteiger charge is 2.24. The number of aliphatic imine (C=N–C) groups is 1. The molecule has 0 bridgehead atoms. The van der Waals surface area contributed by atoms with E-state index in [1.165, 1.54) is 24.3 Å². The van der Waals surface area contributed by atoms with Crippen LogP contribution in [0, 0.1) is 17.0 Å². The van der Waals surface area contributed by atoms with Gasteiger partial charge in [-0.3, -0.25) is 14.9 Å². The summed E-state index contributed by atoms with van der Waals surface area (Å²) in [6.07, 6.45) is 1.52. The molecular weight excluding hydrogens is 342 g/mol. The van der Waals surface area contributed by atoms with E-state index in [2.05, 4.69) is 10.3 Å². The van der Waals surface area contributed by atoms with E-state index in [-0.39, 0.29) is 5.91 Å². The average Bonchev–Trinajstić information content (AvgIpc) is 2.90. The predicted molar refractivity (Wildman–Crippen MR) is 96.7 cm³/mol. The maximum Gasteiger partial charge on any atom is 0.311 e. The summed E-state index contributed by atoms with van der Waals surface area (Å²) in [5.74, 6) is -0.746. The molecule has 2 aromatic rings. The Morgan fingerprint density at radius 2 is 1.96 bits per heavy atom. The number of amidine groups is 1. The van der Waals surface area contributed by atoms with E-state index in [9.17, 15) is 20.0 Å². The third-order valence-electron chi connectivity index (χ3n) is 3.41. The van der Waals surface area contributed by atoms with Crippen molar-refractivity contribution in [3.63, 3.8) is 0 Å². The van der Waals surface area contributed by atoms with E-state index in [0.29, 0.717) is 15.6 Å². The van der Waals surface area contributed by atoms with Crippen LogP contribution in [-0.4, -0.2) is 21.1 Å². The summed E-state index contributed by atoms with van der Waals surface area (Å²) < 4.78 is 0. The van der Waals surface area contributed by atoms with Crippen LogP contribution in [0.4, 0.5) is 11.4 Å². The van der Waals surface area contributed by atoms with Gasteiger partial charge in [0.2, 0.25) is 0 Å². The number of rotatable bonds is 3. The molecule has 7 nitrogen and oxygen atoms in total. The van der Waals surface area contributed by atoms with Crippen molar-refractivity contribution >= 4 is 40.3 Å². The first-order chi connectivity index (χ1) is 11.9. The molecule has 0 aliphatic carbocycles. The van der Waals surface area contributed by atoms with Gasteiger partial charge in [0.15, 0.2) is 10.9 Å². The van der Waals surface area contributed by atoms with Crippen molar-refractivity contribution in [3.8, 4) is 5.75 Å². The Morgan fingerprint density at radius 1 is 1.24 bits per heavy atom. The maximum atomic E-state index is 12.1. The number of aromatic hydroxyl groups is 1. The van der Waals surface area contributed by atoms with Gasteiger partial charge in [-0.1, -0.05) is 23.8 Å². The number of carbonyl (C=O) groups is 1. The zero-order valence-electron chi connectivity index (χ0n) is 13.1. The lowest BCUT2D eigenvalue weighted by Crippen LogP contribution is -2.19. The van der Waals surface area contributed by atoms with E-state index in [4.69, 9.17) is 0 Å². The molecule has 0 unspecified atom stereocenters. The minimum Gasteiger partial charge on any atom is -0.502 e. The second-order valence-electron chi connectivity index (χ2n) is 5.32. The van der Waals surface area contributed by atoms with Crippen molar-refractivity contribution in [2.24, 2.45) is 4.99 Å². The molecule has 25 heavy (non-hydrogen) atoms. The second-order valence-corrected chi connectivity index (χ2v) is 6.35. The van der Waals surface area contributed by atoms with Crippen LogP contribution in [0.1, 0.15) is 11.1 Å². The second kappa shape index (κ2) is 6.78. The highest BCUT2D eigenvalue weighted by molar-refractivity contribution is 8.18. The Labute approximate surface area is 147 Å². The fraction of sp³-hybridized carbons (Fsp3) is 0.0588. The van der Waals surface area contributed by atoms with Crippen LogP contribution in [0.3, 0.4) is 0 Å². The lowest BCUT2D eigenvalue weighted by Gasteiger charge is -1.98. The van der Waals surface area contributed by atoms with Gasteiger partial charge in [-0.05, 0) is 48.5 Å². The number of hydrogen-bond acceptors (Lipinski definition) is 6. The van der Waals surface area contributed by atoms with Crippen molar-refractivity contribution < 1.29 is 14.8 Å². The van der Waals surface area contributed by atoms with E-state index in [1.807, 2.05) is 31.2 Å². The normalized spacial score (nSPS) is 17.1. The number of aryl methyl sites for hydroxylation is 1. The first-order valence-corrected chi connectivity index (χ1v) is 8.08. The van der Waals surface area contributed by atoms with Gasteiger partial charge < -0.3 is 10.4 Å². The van der Waals surface area contributed by atoms with Crippen LogP contribution in [0.5, 0.6) is 5.75 Å². The lowest BCUT2D eigenvalue weighted by molar-refractivity contribution is -0.385. The summed E-state index contributed by atoms with van der Waals surface area (Å²) in [4.78, 5) is 27.0. The Hall–Kier alpha value is -3.13. The summed E-state index contributed by atoms with van der Waals surface area (Å²) in [7, 11) is 0. The molecule has 8 heteroatoms. The molecule has 3 rings (SSSR count). The van der Waals surface area contributed by atoms with Gasteiger partial charge in [-0.2, -0.15) is 0 Å². The van der Waals surface area contributed by atoms with Crippen molar-refractivity contribution in [1.29, 1.82) is 0 Å².